The molecule has 4 rings (SSSR count). The van der Waals surface area contributed by atoms with Crippen LogP contribution in [0.2, 0.25) is 0 Å². The van der Waals surface area contributed by atoms with Crippen molar-refractivity contribution in [2.45, 2.75) is 44.4 Å². The van der Waals surface area contributed by atoms with Crippen molar-refractivity contribution in [3.05, 3.63) is 77.2 Å². The summed E-state index contributed by atoms with van der Waals surface area (Å²) in [5.74, 6) is 1.60. The van der Waals surface area contributed by atoms with Crippen molar-refractivity contribution in [1.29, 1.82) is 0 Å². The topological polar surface area (TPSA) is 107 Å². The van der Waals surface area contributed by atoms with E-state index in [1.165, 1.54) is 24.5 Å². The van der Waals surface area contributed by atoms with Gasteiger partial charge in [0.05, 0.1) is 24.3 Å². The normalized spacial score (nSPS) is 15.0. The van der Waals surface area contributed by atoms with Gasteiger partial charge >= 0.3 is 0 Å². The van der Waals surface area contributed by atoms with Gasteiger partial charge in [-0.05, 0) is 56.3 Å². The van der Waals surface area contributed by atoms with Crippen LogP contribution >= 0.6 is 0 Å². The first-order valence-electron chi connectivity index (χ1n) is 10.7. The fourth-order valence-electron chi connectivity index (χ4n) is 3.65. The van der Waals surface area contributed by atoms with Gasteiger partial charge in [-0.15, -0.1) is 0 Å². The molecule has 0 radical (unpaired) electrons. The summed E-state index contributed by atoms with van der Waals surface area (Å²) in [6.45, 7) is 4.64. The van der Waals surface area contributed by atoms with Crippen molar-refractivity contribution >= 4 is 15.9 Å². The minimum atomic E-state index is -3.81. The van der Waals surface area contributed by atoms with Gasteiger partial charge in [-0.3, -0.25) is 4.79 Å². The van der Waals surface area contributed by atoms with Gasteiger partial charge in [-0.1, -0.05) is 6.07 Å². The van der Waals surface area contributed by atoms with Crippen LogP contribution in [0.5, 0.6) is 11.5 Å². The largest absolute Gasteiger partial charge is 0.494 e. The Bertz CT molecular complexity index is 1240. The van der Waals surface area contributed by atoms with Gasteiger partial charge in [-0.25, -0.2) is 13.1 Å². The number of fused-ring (bicyclic) bond motifs is 1. The first kappa shape index (κ1) is 22.9. The van der Waals surface area contributed by atoms with E-state index in [1.54, 1.807) is 18.2 Å². The number of rotatable bonds is 9. The molecule has 1 aromatic heterocycles. The second-order valence-corrected chi connectivity index (χ2v) is 9.51. The third kappa shape index (κ3) is 5.37. The third-order valence-electron chi connectivity index (χ3n) is 5.24. The van der Waals surface area contributed by atoms with Crippen molar-refractivity contribution < 1.29 is 27.1 Å². The molecule has 1 aliphatic rings. The second kappa shape index (κ2) is 9.68. The Hall–Kier alpha value is -3.30. The lowest BCUT2D eigenvalue weighted by Crippen LogP contribution is -2.25. The number of sulfonamides is 1. The van der Waals surface area contributed by atoms with E-state index < -0.39 is 15.9 Å². The van der Waals surface area contributed by atoms with E-state index in [2.05, 4.69) is 10.0 Å². The van der Waals surface area contributed by atoms with Crippen molar-refractivity contribution in [3.63, 3.8) is 0 Å². The van der Waals surface area contributed by atoms with Crippen LogP contribution in [-0.2, 0) is 29.5 Å². The average molecular weight is 471 g/mol. The molecule has 1 atom stereocenters. The van der Waals surface area contributed by atoms with E-state index in [4.69, 9.17) is 13.9 Å². The Morgan fingerprint density at radius 2 is 2.00 bits per heavy atom. The van der Waals surface area contributed by atoms with Gasteiger partial charge in [0.1, 0.15) is 23.4 Å². The minimum absolute atomic E-state index is 0.00312. The molecule has 2 N–H and O–H groups in total. The third-order valence-corrected chi connectivity index (χ3v) is 6.64. The minimum Gasteiger partial charge on any atom is -0.494 e. The van der Waals surface area contributed by atoms with E-state index in [0.29, 0.717) is 18.1 Å². The standard InChI is InChI=1S/C24H26N2O6S/c1-3-30-22-12-18-10-16(2)32-23(18)13-19(22)14-25-24(27)17-6-4-8-21(11-17)33(28,29)26-15-20-7-5-9-31-20/h4-9,11-13,16,26H,3,10,14-15H2,1-2H3,(H,25,27). The summed E-state index contributed by atoms with van der Waals surface area (Å²) >= 11 is 0. The van der Waals surface area contributed by atoms with Crippen LogP contribution in [0, 0.1) is 0 Å². The lowest BCUT2D eigenvalue weighted by Gasteiger charge is -2.14. The average Bonchev–Trinajstić information content (AvgIpc) is 3.45. The van der Waals surface area contributed by atoms with Crippen LogP contribution in [0.1, 0.15) is 41.1 Å². The van der Waals surface area contributed by atoms with Crippen molar-refractivity contribution in [2.75, 3.05) is 6.61 Å². The molecule has 3 aromatic rings. The van der Waals surface area contributed by atoms with Gasteiger partial charge in [0.2, 0.25) is 10.0 Å². The molecule has 2 heterocycles. The number of hydrogen-bond donors (Lipinski definition) is 2. The van der Waals surface area contributed by atoms with Crippen LogP contribution in [0.25, 0.3) is 0 Å². The predicted octanol–water partition coefficient (Wildman–Crippen LogP) is 3.41. The fraction of sp³-hybridized carbons (Fsp3) is 0.292. The summed E-state index contributed by atoms with van der Waals surface area (Å²) < 4.78 is 44.4. The highest BCUT2D eigenvalue weighted by Crippen LogP contribution is 2.35. The Kier molecular flexibility index (Phi) is 6.71. The Morgan fingerprint density at radius 1 is 1.15 bits per heavy atom. The number of hydrogen-bond acceptors (Lipinski definition) is 6. The Morgan fingerprint density at radius 3 is 2.76 bits per heavy atom. The summed E-state index contributed by atoms with van der Waals surface area (Å²) in [6, 6.07) is 13.1. The molecular formula is C24H26N2O6S. The van der Waals surface area contributed by atoms with Crippen LogP contribution < -0.4 is 19.5 Å². The molecule has 1 amide bonds. The van der Waals surface area contributed by atoms with Gasteiger partial charge in [0, 0.05) is 29.7 Å². The molecule has 0 fully saturated rings. The first-order valence-corrected chi connectivity index (χ1v) is 12.2. The maximum atomic E-state index is 12.8. The smallest absolute Gasteiger partial charge is 0.251 e. The molecule has 0 bridgehead atoms. The first-order chi connectivity index (χ1) is 15.9. The van der Waals surface area contributed by atoms with Crippen LogP contribution in [0.3, 0.4) is 0 Å². The summed E-state index contributed by atoms with van der Waals surface area (Å²) in [5.41, 5.74) is 2.11. The maximum absolute atomic E-state index is 12.8. The van der Waals surface area contributed by atoms with E-state index in [9.17, 15) is 13.2 Å². The van der Waals surface area contributed by atoms with Crippen molar-refractivity contribution in [2.24, 2.45) is 0 Å². The van der Waals surface area contributed by atoms with Gasteiger partial charge < -0.3 is 19.2 Å². The zero-order chi connectivity index (χ0) is 23.4. The molecule has 1 unspecified atom stereocenters. The molecule has 1 aliphatic heterocycles. The molecule has 9 heteroatoms. The maximum Gasteiger partial charge on any atom is 0.251 e. The predicted molar refractivity (Wildman–Crippen MR) is 122 cm³/mol. The number of furan rings is 1. The van der Waals surface area contributed by atoms with Crippen LogP contribution in [0.15, 0.2) is 64.1 Å². The zero-order valence-corrected chi connectivity index (χ0v) is 19.3. The van der Waals surface area contributed by atoms with Gasteiger partial charge in [-0.2, -0.15) is 0 Å². The molecule has 0 spiro atoms. The number of nitrogens with one attached hydrogen (secondary N) is 2. The molecule has 0 saturated carbocycles. The highest BCUT2D eigenvalue weighted by Gasteiger charge is 2.22. The fourth-order valence-corrected chi connectivity index (χ4v) is 4.69. The highest BCUT2D eigenvalue weighted by molar-refractivity contribution is 7.89. The van der Waals surface area contributed by atoms with Crippen LogP contribution in [-0.4, -0.2) is 27.0 Å². The summed E-state index contributed by atoms with van der Waals surface area (Å²) in [6.07, 6.45) is 2.39. The lowest BCUT2D eigenvalue weighted by atomic mass is 10.1. The SMILES string of the molecule is CCOc1cc2c(cc1CNC(=O)c1cccc(S(=O)(=O)NCc3ccco3)c1)OC(C)C2. The number of amides is 1. The molecule has 33 heavy (non-hydrogen) atoms. The van der Waals surface area contributed by atoms with E-state index >= 15 is 0 Å². The number of carbonyl (C=O) groups is 1. The Balaban J connectivity index is 1.46. The van der Waals surface area contributed by atoms with Crippen LogP contribution in [0.4, 0.5) is 0 Å². The number of carbonyl (C=O) groups excluding carboxylic acids is 1. The molecular weight excluding hydrogens is 444 g/mol. The van der Waals surface area contributed by atoms with Crippen molar-refractivity contribution in [1.82, 2.24) is 10.0 Å². The molecule has 8 nitrogen and oxygen atoms in total. The summed E-state index contributed by atoms with van der Waals surface area (Å²) in [5, 5.41) is 2.84. The lowest BCUT2D eigenvalue weighted by molar-refractivity contribution is 0.0950. The van der Waals surface area contributed by atoms with E-state index in [0.717, 1.165) is 23.3 Å². The van der Waals surface area contributed by atoms with Gasteiger partial charge in [0.15, 0.2) is 0 Å². The van der Waals surface area contributed by atoms with E-state index in [1.807, 2.05) is 26.0 Å². The second-order valence-electron chi connectivity index (χ2n) is 7.75. The van der Waals surface area contributed by atoms with Crippen molar-refractivity contribution in [3.8, 4) is 11.5 Å². The molecule has 0 saturated heterocycles. The Labute approximate surface area is 193 Å². The number of benzene rings is 2. The highest BCUT2D eigenvalue weighted by atomic mass is 32.2. The van der Waals surface area contributed by atoms with Gasteiger partial charge in [0.25, 0.3) is 5.91 Å². The van der Waals surface area contributed by atoms with E-state index in [-0.39, 0.29) is 29.7 Å². The monoisotopic (exact) mass is 470 g/mol. The molecule has 0 aliphatic carbocycles. The zero-order valence-electron chi connectivity index (χ0n) is 18.5. The summed E-state index contributed by atoms with van der Waals surface area (Å²) in [7, 11) is -3.81. The summed E-state index contributed by atoms with van der Waals surface area (Å²) in [4.78, 5) is 12.8. The molecule has 174 valence electrons. The number of ether oxygens (including phenoxy) is 2. The quantitative estimate of drug-likeness (QED) is 0.496. The molecule has 2 aromatic carbocycles.